The largest absolute Gasteiger partial charge is 0.393 e. The number of guanidine groups is 1. The van der Waals surface area contributed by atoms with E-state index in [1.165, 1.54) is 11.1 Å². The molecule has 6 nitrogen and oxygen atoms in total. The summed E-state index contributed by atoms with van der Waals surface area (Å²) in [5.74, 6) is 0.479. The Morgan fingerprint density at radius 1 is 1.32 bits per heavy atom. The van der Waals surface area contributed by atoms with Gasteiger partial charge in [-0.15, -0.1) is 0 Å². The summed E-state index contributed by atoms with van der Waals surface area (Å²) in [5, 5.41) is 12.8. The smallest absolute Gasteiger partial charge is 0.188 e. The van der Waals surface area contributed by atoms with Crippen molar-refractivity contribution in [2.45, 2.75) is 45.4 Å². The number of piperidine rings is 1. The molecule has 1 aromatic rings. The molecule has 1 saturated heterocycles. The van der Waals surface area contributed by atoms with Crippen LogP contribution in [0.5, 0.6) is 0 Å². The topological polar surface area (TPSA) is 83.1 Å². The zero-order valence-corrected chi connectivity index (χ0v) is 15.3. The second-order valence-corrected chi connectivity index (χ2v) is 6.45. The van der Waals surface area contributed by atoms with Crippen LogP contribution in [0.4, 0.5) is 0 Å². The number of aliphatic imine (C=N–C) groups is 1. The molecular formula is C19H32N4O2. The fraction of sp³-hybridized carbons (Fsp3) is 0.632. The van der Waals surface area contributed by atoms with Crippen molar-refractivity contribution in [3.05, 3.63) is 35.4 Å². The number of hydrogen-bond donors (Lipinski definition) is 3. The Hall–Kier alpha value is -1.63. The van der Waals surface area contributed by atoms with Gasteiger partial charge in [0, 0.05) is 39.4 Å². The Balaban J connectivity index is 1.82. The molecule has 1 fully saturated rings. The SMILES string of the molecule is CCOCCCNC(N)=NCc1ccccc1CN1CCC(O)CC1. The number of benzene rings is 1. The van der Waals surface area contributed by atoms with Crippen LogP contribution in [0.15, 0.2) is 29.3 Å². The number of hydrogen-bond acceptors (Lipinski definition) is 4. The first-order valence-corrected chi connectivity index (χ1v) is 9.27. The molecule has 0 bridgehead atoms. The molecule has 0 spiro atoms. The maximum Gasteiger partial charge on any atom is 0.188 e. The van der Waals surface area contributed by atoms with E-state index in [4.69, 9.17) is 10.5 Å². The van der Waals surface area contributed by atoms with Crippen LogP contribution in [0, 0.1) is 0 Å². The summed E-state index contributed by atoms with van der Waals surface area (Å²) in [6, 6.07) is 8.37. The first-order valence-electron chi connectivity index (χ1n) is 9.27. The van der Waals surface area contributed by atoms with Gasteiger partial charge in [-0.3, -0.25) is 4.90 Å². The van der Waals surface area contributed by atoms with E-state index in [0.29, 0.717) is 12.5 Å². The van der Waals surface area contributed by atoms with Gasteiger partial charge in [-0.25, -0.2) is 4.99 Å². The summed E-state index contributed by atoms with van der Waals surface area (Å²) in [6.07, 6.45) is 2.50. The molecule has 0 amide bonds. The van der Waals surface area contributed by atoms with E-state index in [-0.39, 0.29) is 6.10 Å². The van der Waals surface area contributed by atoms with Crippen LogP contribution in [-0.2, 0) is 17.8 Å². The Morgan fingerprint density at radius 2 is 2.04 bits per heavy atom. The van der Waals surface area contributed by atoms with Crippen molar-refractivity contribution in [2.75, 3.05) is 32.8 Å². The number of nitrogens with two attached hydrogens (primary N) is 1. The Bertz CT molecular complexity index is 528. The molecule has 6 heteroatoms. The van der Waals surface area contributed by atoms with Crippen LogP contribution in [-0.4, -0.2) is 54.9 Å². The van der Waals surface area contributed by atoms with Gasteiger partial charge in [0.15, 0.2) is 5.96 Å². The van der Waals surface area contributed by atoms with Gasteiger partial charge < -0.3 is 20.9 Å². The van der Waals surface area contributed by atoms with Gasteiger partial charge in [0.2, 0.25) is 0 Å². The highest BCUT2D eigenvalue weighted by Gasteiger charge is 2.17. The Morgan fingerprint density at radius 3 is 2.76 bits per heavy atom. The first-order chi connectivity index (χ1) is 12.2. The van der Waals surface area contributed by atoms with Crippen LogP contribution in [0.1, 0.15) is 37.3 Å². The monoisotopic (exact) mass is 348 g/mol. The minimum Gasteiger partial charge on any atom is -0.393 e. The maximum atomic E-state index is 9.64. The molecule has 0 atom stereocenters. The maximum absolute atomic E-state index is 9.64. The van der Waals surface area contributed by atoms with Gasteiger partial charge in [-0.05, 0) is 37.3 Å². The fourth-order valence-electron chi connectivity index (χ4n) is 2.95. The van der Waals surface area contributed by atoms with Crippen molar-refractivity contribution < 1.29 is 9.84 Å². The van der Waals surface area contributed by atoms with Crippen molar-refractivity contribution in [3.63, 3.8) is 0 Å². The highest BCUT2D eigenvalue weighted by atomic mass is 16.5. The third-order valence-electron chi connectivity index (χ3n) is 4.46. The van der Waals surface area contributed by atoms with E-state index in [1.807, 2.05) is 13.0 Å². The number of likely N-dealkylation sites (tertiary alicyclic amines) is 1. The first kappa shape index (κ1) is 19.7. The van der Waals surface area contributed by atoms with Crippen LogP contribution in [0.25, 0.3) is 0 Å². The summed E-state index contributed by atoms with van der Waals surface area (Å²) in [4.78, 5) is 6.86. The van der Waals surface area contributed by atoms with Crippen molar-refractivity contribution in [1.82, 2.24) is 10.2 Å². The number of ether oxygens (including phenoxy) is 1. The lowest BCUT2D eigenvalue weighted by Crippen LogP contribution is -2.35. The van der Waals surface area contributed by atoms with E-state index in [2.05, 4.69) is 33.4 Å². The molecule has 1 aliphatic rings. The average molecular weight is 348 g/mol. The summed E-state index contributed by atoms with van der Waals surface area (Å²) >= 11 is 0. The van der Waals surface area contributed by atoms with Crippen LogP contribution in [0.3, 0.4) is 0 Å². The predicted octanol–water partition coefficient (Wildman–Crippen LogP) is 1.47. The lowest BCUT2D eigenvalue weighted by Gasteiger charge is -2.30. The molecule has 0 aliphatic carbocycles. The Kier molecular flexibility index (Phi) is 8.72. The number of aliphatic hydroxyl groups is 1. The number of nitrogens with one attached hydrogen (secondary N) is 1. The summed E-state index contributed by atoms with van der Waals surface area (Å²) in [6.45, 7) is 7.63. The van der Waals surface area contributed by atoms with E-state index in [0.717, 1.165) is 58.7 Å². The number of nitrogens with zero attached hydrogens (tertiary/aromatic N) is 2. The molecule has 0 aromatic heterocycles. The van der Waals surface area contributed by atoms with E-state index in [1.54, 1.807) is 0 Å². The molecule has 0 radical (unpaired) electrons. The lowest BCUT2D eigenvalue weighted by molar-refractivity contribution is 0.0791. The van der Waals surface area contributed by atoms with Crippen LogP contribution >= 0.6 is 0 Å². The van der Waals surface area contributed by atoms with Crippen molar-refractivity contribution in [3.8, 4) is 0 Å². The zero-order chi connectivity index (χ0) is 17.9. The molecule has 1 heterocycles. The van der Waals surface area contributed by atoms with Gasteiger partial charge in [0.05, 0.1) is 12.6 Å². The summed E-state index contributed by atoms with van der Waals surface area (Å²) < 4.78 is 5.30. The van der Waals surface area contributed by atoms with E-state index in [9.17, 15) is 5.11 Å². The standard InChI is InChI=1S/C19H32N4O2/c1-2-25-13-5-10-21-19(20)22-14-16-6-3-4-7-17(16)15-23-11-8-18(24)9-12-23/h3-4,6-7,18,24H,2,5,8-15H2,1H3,(H3,20,21,22). The molecule has 25 heavy (non-hydrogen) atoms. The fourth-order valence-corrected chi connectivity index (χ4v) is 2.95. The quantitative estimate of drug-likeness (QED) is 0.358. The van der Waals surface area contributed by atoms with Crippen molar-refractivity contribution in [1.29, 1.82) is 0 Å². The molecule has 2 rings (SSSR count). The second-order valence-electron chi connectivity index (χ2n) is 6.45. The molecule has 1 aromatic carbocycles. The third kappa shape index (κ3) is 7.42. The van der Waals surface area contributed by atoms with Crippen LogP contribution in [0.2, 0.25) is 0 Å². The molecule has 4 N–H and O–H groups in total. The minimum absolute atomic E-state index is 0.135. The molecule has 1 aliphatic heterocycles. The summed E-state index contributed by atoms with van der Waals surface area (Å²) in [7, 11) is 0. The van der Waals surface area contributed by atoms with Crippen LogP contribution < -0.4 is 11.1 Å². The van der Waals surface area contributed by atoms with Gasteiger partial charge in [-0.1, -0.05) is 24.3 Å². The highest BCUT2D eigenvalue weighted by Crippen LogP contribution is 2.17. The van der Waals surface area contributed by atoms with E-state index >= 15 is 0 Å². The summed E-state index contributed by atoms with van der Waals surface area (Å²) in [5.41, 5.74) is 8.43. The number of rotatable bonds is 9. The number of aliphatic hydroxyl groups excluding tert-OH is 1. The van der Waals surface area contributed by atoms with Crippen molar-refractivity contribution in [2.24, 2.45) is 10.7 Å². The van der Waals surface area contributed by atoms with E-state index < -0.39 is 0 Å². The minimum atomic E-state index is -0.135. The van der Waals surface area contributed by atoms with Crippen molar-refractivity contribution >= 4 is 5.96 Å². The molecular weight excluding hydrogens is 316 g/mol. The zero-order valence-electron chi connectivity index (χ0n) is 15.3. The van der Waals surface area contributed by atoms with Gasteiger partial charge in [0.1, 0.15) is 0 Å². The predicted molar refractivity (Wildman–Crippen MR) is 101 cm³/mol. The molecule has 0 saturated carbocycles. The van der Waals surface area contributed by atoms with Gasteiger partial charge >= 0.3 is 0 Å². The second kappa shape index (κ2) is 11.1. The normalized spacial score (nSPS) is 17.0. The average Bonchev–Trinajstić information content (AvgIpc) is 2.63. The molecule has 140 valence electrons. The Labute approximate surface area is 151 Å². The highest BCUT2D eigenvalue weighted by molar-refractivity contribution is 5.77. The van der Waals surface area contributed by atoms with Gasteiger partial charge in [0.25, 0.3) is 0 Å². The van der Waals surface area contributed by atoms with Gasteiger partial charge in [-0.2, -0.15) is 0 Å². The molecule has 0 unspecified atom stereocenters. The lowest BCUT2D eigenvalue weighted by atomic mass is 10.0. The third-order valence-corrected chi connectivity index (χ3v) is 4.46.